The first kappa shape index (κ1) is 18.4. The first-order chi connectivity index (χ1) is 14.5. The van der Waals surface area contributed by atoms with Gasteiger partial charge in [0.1, 0.15) is 11.9 Å². The van der Waals surface area contributed by atoms with E-state index in [4.69, 9.17) is 0 Å². The van der Waals surface area contributed by atoms with Gasteiger partial charge in [-0.05, 0) is 24.1 Å². The van der Waals surface area contributed by atoms with Gasteiger partial charge < -0.3 is 10.6 Å². The van der Waals surface area contributed by atoms with Crippen LogP contribution in [0.4, 0.5) is 5.95 Å². The summed E-state index contributed by atoms with van der Waals surface area (Å²) in [6.45, 7) is 2.12. The van der Waals surface area contributed by atoms with Crippen LogP contribution in [0.25, 0.3) is 0 Å². The van der Waals surface area contributed by atoms with Crippen molar-refractivity contribution < 1.29 is 19.2 Å². The fourth-order valence-corrected chi connectivity index (χ4v) is 3.83. The number of piperidine rings is 1. The maximum absolute atomic E-state index is 12.9. The van der Waals surface area contributed by atoms with Crippen LogP contribution >= 0.6 is 0 Å². The molecule has 1 atom stereocenters. The summed E-state index contributed by atoms with van der Waals surface area (Å²) in [5.74, 6) is -0.429. The van der Waals surface area contributed by atoms with Crippen molar-refractivity contribution in [3.8, 4) is 0 Å². The number of benzene rings is 1. The number of rotatable bonds is 5. The van der Waals surface area contributed by atoms with Crippen molar-refractivity contribution in [2.45, 2.75) is 31.3 Å². The number of anilines is 1. The van der Waals surface area contributed by atoms with Crippen LogP contribution in [0.5, 0.6) is 0 Å². The minimum atomic E-state index is -0.968. The van der Waals surface area contributed by atoms with Gasteiger partial charge in [0.15, 0.2) is 0 Å². The van der Waals surface area contributed by atoms with Crippen molar-refractivity contribution >= 4 is 29.6 Å². The molecule has 11 heteroatoms. The molecule has 154 valence electrons. The Morgan fingerprint density at radius 1 is 1.10 bits per heavy atom. The van der Waals surface area contributed by atoms with Crippen molar-refractivity contribution in [2.75, 3.05) is 18.4 Å². The molecule has 4 N–H and O–H groups in total. The van der Waals surface area contributed by atoms with Crippen LogP contribution in [0.3, 0.4) is 0 Å². The minimum Gasteiger partial charge on any atom is -0.349 e. The number of hydrogen-bond donors (Lipinski definition) is 4. The summed E-state index contributed by atoms with van der Waals surface area (Å²) in [6.07, 6.45) is 0.225. The molecule has 1 aromatic carbocycles. The number of nitrogens with one attached hydrogen (secondary N) is 4. The summed E-state index contributed by atoms with van der Waals surface area (Å²) >= 11 is 0. The number of aromatic amines is 1. The minimum absolute atomic E-state index is 0.0918. The van der Waals surface area contributed by atoms with Gasteiger partial charge in [0.05, 0.1) is 11.1 Å². The first-order valence-electron chi connectivity index (χ1n) is 9.72. The number of amides is 4. The third kappa shape index (κ3) is 3.03. The fourth-order valence-electron chi connectivity index (χ4n) is 3.83. The van der Waals surface area contributed by atoms with Gasteiger partial charge in [-0.25, -0.2) is 0 Å². The number of fused-ring (bicyclic) bond motifs is 1. The summed E-state index contributed by atoms with van der Waals surface area (Å²) in [5, 5.41) is 15.5. The van der Waals surface area contributed by atoms with Gasteiger partial charge in [-0.3, -0.25) is 34.5 Å². The summed E-state index contributed by atoms with van der Waals surface area (Å²) in [5.41, 5.74) is 1.28. The van der Waals surface area contributed by atoms with Gasteiger partial charge in [0.2, 0.25) is 17.8 Å². The lowest BCUT2D eigenvalue weighted by molar-refractivity contribution is -0.136. The van der Waals surface area contributed by atoms with E-state index in [0.717, 1.165) is 29.4 Å². The van der Waals surface area contributed by atoms with E-state index in [9.17, 15) is 19.2 Å². The highest BCUT2D eigenvalue weighted by atomic mass is 16.2. The lowest BCUT2D eigenvalue weighted by Crippen LogP contribution is -2.54. The SMILES string of the molecule is O=C1CCC(N2C(=O)c3ccc(CNc4n[nH]c(C5CNC5)n4)cc3C2=O)C(=O)N1. The van der Waals surface area contributed by atoms with Gasteiger partial charge in [-0.2, -0.15) is 4.98 Å². The fraction of sp³-hybridized carbons (Fsp3) is 0.368. The molecule has 3 aliphatic rings. The summed E-state index contributed by atoms with van der Waals surface area (Å²) in [6, 6.07) is 4.00. The van der Waals surface area contributed by atoms with Crippen LogP contribution in [0.15, 0.2) is 18.2 Å². The second kappa shape index (κ2) is 7.02. The molecule has 2 aromatic rings. The molecule has 1 unspecified atom stereocenters. The van der Waals surface area contributed by atoms with Crippen molar-refractivity contribution in [2.24, 2.45) is 0 Å². The van der Waals surface area contributed by atoms with E-state index in [0.29, 0.717) is 18.4 Å². The molecule has 4 amide bonds. The number of H-pyrrole nitrogens is 1. The molecule has 30 heavy (non-hydrogen) atoms. The van der Waals surface area contributed by atoms with Crippen LogP contribution in [0.2, 0.25) is 0 Å². The van der Waals surface area contributed by atoms with Gasteiger partial charge in [0, 0.05) is 32.0 Å². The third-order valence-corrected chi connectivity index (χ3v) is 5.63. The smallest absolute Gasteiger partial charge is 0.262 e. The molecule has 2 fully saturated rings. The van der Waals surface area contributed by atoms with E-state index in [1.54, 1.807) is 18.2 Å². The molecular formula is C19H19N7O4. The highest BCUT2D eigenvalue weighted by Gasteiger charge is 2.44. The molecule has 1 aromatic heterocycles. The number of imide groups is 2. The second-order valence-corrected chi connectivity index (χ2v) is 7.58. The molecule has 0 saturated carbocycles. The Labute approximate surface area is 170 Å². The molecule has 0 radical (unpaired) electrons. The second-order valence-electron chi connectivity index (χ2n) is 7.58. The van der Waals surface area contributed by atoms with E-state index in [1.807, 2.05) is 0 Å². The highest BCUT2D eigenvalue weighted by Crippen LogP contribution is 2.28. The maximum Gasteiger partial charge on any atom is 0.262 e. The average Bonchev–Trinajstić information content (AvgIpc) is 3.23. The van der Waals surface area contributed by atoms with Crippen LogP contribution in [0, 0.1) is 0 Å². The van der Waals surface area contributed by atoms with E-state index >= 15 is 0 Å². The maximum atomic E-state index is 12.9. The number of aromatic nitrogens is 3. The van der Waals surface area contributed by atoms with E-state index in [2.05, 4.69) is 31.1 Å². The molecule has 11 nitrogen and oxygen atoms in total. The van der Waals surface area contributed by atoms with Crippen LogP contribution < -0.4 is 16.0 Å². The van der Waals surface area contributed by atoms with Gasteiger partial charge in [-0.1, -0.05) is 6.07 Å². The lowest BCUT2D eigenvalue weighted by atomic mass is 10.0. The molecule has 3 aliphatic heterocycles. The van der Waals surface area contributed by atoms with Crippen molar-refractivity contribution in [1.82, 2.24) is 30.7 Å². The van der Waals surface area contributed by atoms with Crippen LogP contribution in [-0.4, -0.2) is 62.8 Å². The molecule has 0 aliphatic carbocycles. The Morgan fingerprint density at radius 2 is 1.90 bits per heavy atom. The number of carbonyl (C=O) groups excluding carboxylic acids is 4. The van der Waals surface area contributed by atoms with Gasteiger partial charge in [0.25, 0.3) is 11.8 Å². The normalized spacial score (nSPS) is 21.5. The van der Waals surface area contributed by atoms with Crippen LogP contribution in [-0.2, 0) is 16.1 Å². The average molecular weight is 409 g/mol. The summed E-state index contributed by atoms with van der Waals surface area (Å²) in [4.78, 5) is 54.4. The number of hydrogen-bond acceptors (Lipinski definition) is 8. The lowest BCUT2D eigenvalue weighted by Gasteiger charge is -2.27. The Morgan fingerprint density at radius 3 is 2.63 bits per heavy atom. The highest BCUT2D eigenvalue weighted by molar-refractivity contribution is 6.23. The van der Waals surface area contributed by atoms with Crippen molar-refractivity contribution in [1.29, 1.82) is 0 Å². The molecule has 2 saturated heterocycles. The zero-order valence-electron chi connectivity index (χ0n) is 15.9. The molecule has 0 bridgehead atoms. The molecule has 0 spiro atoms. The van der Waals surface area contributed by atoms with E-state index in [1.165, 1.54) is 0 Å². The largest absolute Gasteiger partial charge is 0.349 e. The molecule has 4 heterocycles. The first-order valence-corrected chi connectivity index (χ1v) is 9.72. The zero-order valence-corrected chi connectivity index (χ0v) is 15.9. The Hall–Kier alpha value is -3.60. The van der Waals surface area contributed by atoms with Crippen molar-refractivity contribution in [3.63, 3.8) is 0 Å². The predicted molar refractivity (Wildman–Crippen MR) is 102 cm³/mol. The standard InChI is InChI=1S/C19H19N7O4/c27-14-4-3-13(16(28)22-14)26-17(29)11-2-1-9(5-12(11)18(26)30)6-21-19-23-15(24-25-19)10-7-20-8-10/h1-2,5,10,13,20H,3-4,6-8H2,(H,22,27,28)(H2,21,23,24,25). The predicted octanol–water partition coefficient (Wildman–Crippen LogP) is -0.495. The number of nitrogens with zero attached hydrogens (tertiary/aromatic N) is 3. The Kier molecular flexibility index (Phi) is 4.31. The number of carbonyl (C=O) groups is 4. The van der Waals surface area contributed by atoms with E-state index in [-0.39, 0.29) is 24.0 Å². The van der Waals surface area contributed by atoms with Gasteiger partial charge >= 0.3 is 0 Å². The Balaban J connectivity index is 1.30. The molecule has 5 rings (SSSR count). The van der Waals surface area contributed by atoms with Crippen molar-refractivity contribution in [3.05, 3.63) is 40.7 Å². The topological polar surface area (TPSA) is 149 Å². The third-order valence-electron chi connectivity index (χ3n) is 5.63. The quantitative estimate of drug-likeness (QED) is 0.483. The summed E-state index contributed by atoms with van der Waals surface area (Å²) in [7, 11) is 0. The van der Waals surface area contributed by atoms with E-state index < -0.39 is 29.7 Å². The monoisotopic (exact) mass is 409 g/mol. The van der Waals surface area contributed by atoms with Gasteiger partial charge in [-0.15, -0.1) is 5.10 Å². The zero-order chi connectivity index (χ0) is 20.8. The Bertz CT molecular complexity index is 1070. The summed E-state index contributed by atoms with van der Waals surface area (Å²) < 4.78 is 0. The molecular weight excluding hydrogens is 390 g/mol. The van der Waals surface area contributed by atoms with Crippen LogP contribution in [0.1, 0.15) is 50.9 Å².